The van der Waals surface area contributed by atoms with Crippen LogP contribution in [0.2, 0.25) is 0 Å². The number of hydrogen-bond donors (Lipinski definition) is 0. The first-order chi connectivity index (χ1) is 9.76. The Kier molecular flexibility index (Phi) is 5.39. The summed E-state index contributed by atoms with van der Waals surface area (Å²) in [7, 11) is 1.68. The Hall–Kier alpha value is -0.632. The average Bonchev–Trinajstić information content (AvgIpc) is 2.36. The van der Waals surface area contributed by atoms with E-state index in [4.69, 9.17) is 4.74 Å². The molecule has 0 spiro atoms. The molecule has 0 unspecified atom stereocenters. The second kappa shape index (κ2) is 6.11. The van der Waals surface area contributed by atoms with E-state index in [0.29, 0.717) is 0 Å². The molecule has 2 aromatic carbocycles. The van der Waals surface area contributed by atoms with Crippen LogP contribution in [0.5, 0.6) is 5.75 Å². The third kappa shape index (κ3) is 9.40. The van der Waals surface area contributed by atoms with Crippen LogP contribution in [-0.2, 0) is 0 Å². The minimum absolute atomic E-state index is 0.893. The van der Waals surface area contributed by atoms with Crippen molar-refractivity contribution in [3.05, 3.63) is 52.1 Å². The van der Waals surface area contributed by atoms with E-state index >= 15 is 0 Å². The first kappa shape index (κ1) is 19.4. The van der Waals surface area contributed by atoms with Gasteiger partial charge in [-0.15, -0.1) is 0 Å². The predicted molar refractivity (Wildman–Crippen MR) is 83.5 cm³/mol. The molecule has 0 aliphatic heterocycles. The molecule has 0 aliphatic rings. The molecular formula is C13H11F6IOSb-. The zero-order valence-electron chi connectivity index (χ0n) is 11.1. The van der Waals surface area contributed by atoms with Gasteiger partial charge in [0.1, 0.15) is 5.75 Å². The maximum absolute atomic E-state index is 11.2. The summed E-state index contributed by atoms with van der Waals surface area (Å²) in [6, 6.07) is 16.5. The van der Waals surface area contributed by atoms with Crippen molar-refractivity contribution >= 4 is 42.1 Å². The quantitative estimate of drug-likeness (QED) is 0.251. The molecule has 0 fully saturated rings. The van der Waals surface area contributed by atoms with E-state index in [9.17, 15) is 16.9 Å². The Morgan fingerprint density at radius 1 is 0.818 bits per heavy atom. The van der Waals surface area contributed by atoms with Gasteiger partial charge in [0.15, 0.2) is 0 Å². The first-order valence-corrected chi connectivity index (χ1v) is 12.6. The Bertz CT molecular complexity index is 628. The average molecular weight is 546 g/mol. The molecule has 0 atom stereocenters. The van der Waals surface area contributed by atoms with Crippen molar-refractivity contribution in [2.24, 2.45) is 0 Å². The molecule has 0 aliphatic carbocycles. The predicted octanol–water partition coefficient (Wildman–Crippen LogP) is 6.11. The summed E-state index contributed by atoms with van der Waals surface area (Å²) in [5.74, 6) is 0.893. The number of rotatable bonds is 2. The first-order valence-electron chi connectivity index (χ1n) is 5.71. The monoisotopic (exact) mass is 545 g/mol. The Labute approximate surface area is 139 Å². The van der Waals surface area contributed by atoms with Gasteiger partial charge in [-0.05, 0) is 51.9 Å². The van der Waals surface area contributed by atoms with Crippen LogP contribution in [0.4, 0.5) is 16.9 Å². The van der Waals surface area contributed by atoms with Crippen LogP contribution in [0.1, 0.15) is 0 Å². The fraction of sp³-hybridized carbons (Fsp3) is 0.0769. The van der Waals surface area contributed by atoms with Gasteiger partial charge in [0.25, 0.3) is 0 Å². The van der Waals surface area contributed by atoms with Crippen molar-refractivity contribution in [2.45, 2.75) is 0 Å². The maximum atomic E-state index is 9.93. The fourth-order valence-corrected chi connectivity index (χ4v) is 2.16. The summed E-state index contributed by atoms with van der Waals surface area (Å²) in [5, 5.41) is 0. The van der Waals surface area contributed by atoms with Crippen molar-refractivity contribution in [1.29, 1.82) is 0 Å². The van der Waals surface area contributed by atoms with Gasteiger partial charge in [-0.2, -0.15) is 0 Å². The molecule has 0 N–H and O–H groups in total. The Balaban J connectivity index is 0.000000295. The third-order valence-electron chi connectivity index (χ3n) is 2.27. The second-order valence-corrected chi connectivity index (χ2v) is 10.8. The zero-order valence-corrected chi connectivity index (χ0v) is 15.8. The molecule has 0 heterocycles. The van der Waals surface area contributed by atoms with E-state index in [2.05, 4.69) is 59.0 Å². The summed E-state index contributed by atoms with van der Waals surface area (Å²) >= 11 is -8.90. The number of hydrogen-bond acceptors (Lipinski definition) is 1. The minimum atomic E-state index is -11.2. The molecule has 0 saturated carbocycles. The molecule has 1 nitrogen and oxygen atoms in total. The van der Waals surface area contributed by atoms with E-state index < -0.39 is 19.5 Å². The fourth-order valence-electron chi connectivity index (χ4n) is 1.47. The van der Waals surface area contributed by atoms with Gasteiger partial charge in [-0.25, -0.2) is 0 Å². The van der Waals surface area contributed by atoms with Gasteiger partial charge >= 0.3 is 36.4 Å². The summed E-state index contributed by atoms with van der Waals surface area (Å²) in [4.78, 5) is 0. The van der Waals surface area contributed by atoms with Crippen LogP contribution in [0.3, 0.4) is 0 Å². The van der Waals surface area contributed by atoms with Crippen molar-refractivity contribution < 1.29 is 21.6 Å². The summed E-state index contributed by atoms with van der Waals surface area (Å²) in [5.41, 5.74) is 2.49. The van der Waals surface area contributed by atoms with Gasteiger partial charge in [0.2, 0.25) is 0 Å². The zero-order chi connectivity index (χ0) is 17.1. The second-order valence-electron chi connectivity index (χ2n) is 4.17. The van der Waals surface area contributed by atoms with E-state index in [1.807, 2.05) is 12.1 Å². The Morgan fingerprint density at radius 2 is 1.27 bits per heavy atom. The van der Waals surface area contributed by atoms with E-state index in [0.717, 1.165) is 5.75 Å². The number of ether oxygens (including phenoxy) is 1. The van der Waals surface area contributed by atoms with Crippen molar-refractivity contribution in [3.63, 3.8) is 0 Å². The van der Waals surface area contributed by atoms with Crippen LogP contribution in [0.15, 0.2) is 48.5 Å². The number of halogens is 7. The summed E-state index contributed by atoms with van der Waals surface area (Å²) in [6.07, 6.45) is 0. The summed E-state index contributed by atoms with van der Waals surface area (Å²) in [6.45, 7) is 0. The van der Waals surface area contributed by atoms with Crippen LogP contribution in [0.25, 0.3) is 11.1 Å². The number of benzene rings is 2. The molecule has 0 aromatic heterocycles. The molecule has 2 rings (SSSR count). The van der Waals surface area contributed by atoms with Gasteiger partial charge in [0.05, 0.1) is 7.11 Å². The molecular weight excluding hydrogens is 535 g/mol. The van der Waals surface area contributed by atoms with E-state index in [1.165, 1.54) is 14.7 Å². The molecule has 0 radical (unpaired) electrons. The van der Waals surface area contributed by atoms with Crippen LogP contribution >= 0.6 is 22.6 Å². The standard InChI is InChI=1S/C13H11IO.6FH.Sb/c1-15-11-8-6-10(7-9-11)12-4-2-3-5-13(12)14;;;;;;;/h2-9H,1H3;6*1H;/q;;;;;;;+5/p-6. The molecule has 0 saturated heterocycles. The molecule has 22 heavy (non-hydrogen) atoms. The molecule has 0 amide bonds. The normalized spacial score (nSPS) is 14.2. The molecule has 2 aromatic rings. The van der Waals surface area contributed by atoms with Gasteiger partial charge < -0.3 is 4.74 Å². The van der Waals surface area contributed by atoms with Crippen molar-refractivity contribution in [1.82, 2.24) is 0 Å². The van der Waals surface area contributed by atoms with Gasteiger partial charge in [-0.3, -0.25) is 0 Å². The van der Waals surface area contributed by atoms with Crippen LogP contribution in [0, 0.1) is 3.57 Å². The summed E-state index contributed by atoms with van der Waals surface area (Å²) < 4.78 is 65.9. The molecule has 124 valence electrons. The van der Waals surface area contributed by atoms with Gasteiger partial charge in [-0.1, -0.05) is 30.3 Å². The molecule has 9 heteroatoms. The molecule has 0 bridgehead atoms. The number of methoxy groups -OCH3 is 1. The van der Waals surface area contributed by atoms with Crippen molar-refractivity contribution in [2.75, 3.05) is 7.11 Å². The topological polar surface area (TPSA) is 9.23 Å². The van der Waals surface area contributed by atoms with E-state index in [-0.39, 0.29) is 0 Å². The third-order valence-corrected chi connectivity index (χ3v) is 3.22. The van der Waals surface area contributed by atoms with Crippen LogP contribution in [-0.4, -0.2) is 26.6 Å². The SMILES string of the molecule is COc1ccc(-c2ccccc2I)cc1.[F][Sb-]([F])([F])([F])([F])[F]. The van der Waals surface area contributed by atoms with Crippen molar-refractivity contribution in [3.8, 4) is 16.9 Å². The van der Waals surface area contributed by atoms with Gasteiger partial charge in [0, 0.05) is 3.57 Å². The van der Waals surface area contributed by atoms with E-state index in [1.54, 1.807) is 7.11 Å². The Morgan fingerprint density at radius 3 is 1.68 bits per heavy atom. The van der Waals surface area contributed by atoms with Crippen LogP contribution < -0.4 is 4.74 Å².